The zero-order valence-electron chi connectivity index (χ0n) is 14.4. The van der Waals surface area contributed by atoms with Gasteiger partial charge in [-0.3, -0.25) is 4.79 Å². The lowest BCUT2D eigenvalue weighted by molar-refractivity contribution is -0.121. The second-order valence-electron chi connectivity index (χ2n) is 6.52. The molecule has 132 valence electrons. The van der Waals surface area contributed by atoms with Crippen molar-refractivity contribution in [3.8, 4) is 11.5 Å². The highest BCUT2D eigenvalue weighted by Gasteiger charge is 2.28. The zero-order chi connectivity index (χ0) is 18.4. The molecule has 0 spiro atoms. The number of hydrogen-bond donors (Lipinski definition) is 2. The Morgan fingerprint density at radius 1 is 0.769 bits per heavy atom. The average Bonchev–Trinajstić information content (AvgIpc) is 3.30. The van der Waals surface area contributed by atoms with E-state index in [1.807, 2.05) is 0 Å². The van der Waals surface area contributed by atoms with E-state index in [0.717, 1.165) is 0 Å². The molecular weight excluding hydrogens is 332 g/mol. The van der Waals surface area contributed by atoms with Gasteiger partial charge in [0.25, 0.3) is 0 Å². The van der Waals surface area contributed by atoms with Crippen molar-refractivity contribution in [3.05, 3.63) is 60.1 Å². The van der Waals surface area contributed by atoms with E-state index in [-0.39, 0.29) is 17.3 Å². The summed E-state index contributed by atoms with van der Waals surface area (Å²) in [5.74, 6) is -1.06. The van der Waals surface area contributed by atoms with E-state index in [1.54, 1.807) is 50.2 Å². The van der Waals surface area contributed by atoms with Crippen LogP contribution in [0.15, 0.2) is 57.8 Å². The van der Waals surface area contributed by atoms with E-state index < -0.39 is 11.8 Å². The van der Waals surface area contributed by atoms with Crippen molar-refractivity contribution < 1.29 is 23.8 Å². The first-order chi connectivity index (χ1) is 12.5. The second kappa shape index (κ2) is 5.95. The number of Topliss-reactive ketones (excluding diaryl/α,β-unsaturated/α-hetero) is 1. The molecule has 5 nitrogen and oxygen atoms in total. The molecule has 0 saturated carbocycles. The molecule has 4 rings (SSSR count). The number of furan rings is 2. The molecule has 0 saturated heterocycles. The lowest BCUT2D eigenvalue weighted by Gasteiger charge is -2.19. The summed E-state index contributed by atoms with van der Waals surface area (Å²) in [4.78, 5) is 13.0. The summed E-state index contributed by atoms with van der Waals surface area (Å²) in [6, 6.07) is 10.2. The van der Waals surface area contributed by atoms with Crippen LogP contribution in [0, 0.1) is 0 Å². The van der Waals surface area contributed by atoms with E-state index in [1.165, 1.54) is 12.5 Å². The third-order valence-corrected chi connectivity index (χ3v) is 5.06. The maximum absolute atomic E-state index is 13.0. The van der Waals surface area contributed by atoms with Crippen LogP contribution in [0.1, 0.15) is 36.8 Å². The fraction of sp³-hybridized carbons (Fsp3) is 0.190. The van der Waals surface area contributed by atoms with E-state index in [0.29, 0.717) is 33.1 Å². The van der Waals surface area contributed by atoms with Gasteiger partial charge < -0.3 is 19.0 Å². The molecule has 0 aliphatic carbocycles. The number of fused-ring (bicyclic) bond motifs is 2. The van der Waals surface area contributed by atoms with Crippen molar-refractivity contribution in [2.24, 2.45) is 0 Å². The van der Waals surface area contributed by atoms with Gasteiger partial charge in [-0.25, -0.2) is 0 Å². The Kier molecular flexibility index (Phi) is 3.72. The van der Waals surface area contributed by atoms with Gasteiger partial charge in [-0.05, 0) is 24.3 Å². The quantitative estimate of drug-likeness (QED) is 0.537. The largest absolute Gasteiger partial charge is 0.507 e. The average molecular weight is 350 g/mol. The predicted octanol–water partition coefficient (Wildman–Crippen LogP) is 5.07. The van der Waals surface area contributed by atoms with Crippen molar-refractivity contribution in [1.82, 2.24) is 0 Å². The molecule has 2 aromatic carbocycles. The van der Waals surface area contributed by atoms with Crippen LogP contribution in [-0.2, 0) is 4.79 Å². The Labute approximate surface area is 149 Å². The Balaban J connectivity index is 1.70. The van der Waals surface area contributed by atoms with Crippen LogP contribution in [0.2, 0.25) is 0 Å². The number of ketones is 1. The first kappa shape index (κ1) is 16.3. The maximum Gasteiger partial charge on any atom is 0.147 e. The second-order valence-corrected chi connectivity index (χ2v) is 6.52. The van der Waals surface area contributed by atoms with Gasteiger partial charge >= 0.3 is 0 Å². The molecule has 0 radical (unpaired) electrons. The van der Waals surface area contributed by atoms with Crippen molar-refractivity contribution in [2.75, 3.05) is 0 Å². The minimum absolute atomic E-state index is 0.0545. The van der Waals surface area contributed by atoms with Gasteiger partial charge in [0.15, 0.2) is 0 Å². The van der Waals surface area contributed by atoms with Gasteiger partial charge in [0.1, 0.15) is 28.4 Å². The summed E-state index contributed by atoms with van der Waals surface area (Å²) in [7, 11) is 0. The first-order valence-electron chi connectivity index (χ1n) is 8.41. The molecule has 5 heteroatoms. The van der Waals surface area contributed by atoms with E-state index >= 15 is 0 Å². The Morgan fingerprint density at radius 3 is 1.62 bits per heavy atom. The highest BCUT2D eigenvalue weighted by Crippen LogP contribution is 2.39. The van der Waals surface area contributed by atoms with Gasteiger partial charge in [-0.15, -0.1) is 0 Å². The van der Waals surface area contributed by atoms with Gasteiger partial charge in [0.2, 0.25) is 0 Å². The number of phenolic OH excluding ortho intramolecular Hbond substituents is 2. The molecule has 2 N–H and O–H groups in total. The summed E-state index contributed by atoms with van der Waals surface area (Å²) >= 11 is 0. The van der Waals surface area contributed by atoms with Crippen LogP contribution in [0.3, 0.4) is 0 Å². The fourth-order valence-electron chi connectivity index (χ4n) is 3.47. The zero-order valence-corrected chi connectivity index (χ0v) is 14.4. The summed E-state index contributed by atoms with van der Waals surface area (Å²) in [5, 5.41) is 22.2. The molecule has 0 bridgehead atoms. The van der Waals surface area contributed by atoms with E-state index in [2.05, 4.69) is 0 Å². The third-order valence-electron chi connectivity index (χ3n) is 5.06. The van der Waals surface area contributed by atoms with Gasteiger partial charge in [-0.1, -0.05) is 26.0 Å². The Hall–Kier alpha value is -3.21. The minimum atomic E-state index is -0.538. The van der Waals surface area contributed by atoms with Crippen molar-refractivity contribution in [1.29, 1.82) is 0 Å². The van der Waals surface area contributed by atoms with Crippen LogP contribution in [0.5, 0.6) is 11.5 Å². The van der Waals surface area contributed by atoms with Crippen LogP contribution in [-0.4, -0.2) is 16.0 Å². The monoisotopic (exact) mass is 350 g/mol. The van der Waals surface area contributed by atoms with Gasteiger partial charge in [0.05, 0.1) is 23.3 Å². The number of carbonyl (C=O) groups excluding carboxylic acids is 1. The number of rotatable bonds is 4. The summed E-state index contributed by atoms with van der Waals surface area (Å²) in [6.45, 7) is 3.51. The maximum atomic E-state index is 13.0. The molecule has 0 aliphatic heterocycles. The molecular formula is C21H18O5. The number of benzene rings is 2. The van der Waals surface area contributed by atoms with Crippen molar-refractivity contribution in [3.63, 3.8) is 0 Å². The van der Waals surface area contributed by atoms with Gasteiger partial charge in [0, 0.05) is 23.0 Å². The smallest absolute Gasteiger partial charge is 0.147 e. The molecule has 0 fully saturated rings. The molecule has 2 atom stereocenters. The minimum Gasteiger partial charge on any atom is -0.507 e. The highest BCUT2D eigenvalue weighted by atomic mass is 16.3. The Bertz CT molecular complexity index is 1030. The molecule has 2 unspecified atom stereocenters. The van der Waals surface area contributed by atoms with Crippen molar-refractivity contribution in [2.45, 2.75) is 25.7 Å². The standard InChI is InChI=1S/C21H18O5/c1-11(13-3-5-17-15(20(13)23)7-9-25-17)19(22)12(2)14-4-6-18-16(21(14)24)8-10-26-18/h3-12,23-24H,1-2H3. The van der Waals surface area contributed by atoms with E-state index in [9.17, 15) is 15.0 Å². The SMILES string of the molecule is CC(C(=O)C(C)c1ccc2occc2c1O)c1ccc2occc2c1O. The molecule has 2 aromatic heterocycles. The molecule has 0 aliphatic rings. The Morgan fingerprint density at radius 2 is 1.19 bits per heavy atom. The fourth-order valence-corrected chi connectivity index (χ4v) is 3.47. The van der Waals surface area contributed by atoms with Crippen LogP contribution < -0.4 is 0 Å². The number of carbonyl (C=O) groups is 1. The van der Waals surface area contributed by atoms with Crippen molar-refractivity contribution >= 4 is 27.7 Å². The molecule has 26 heavy (non-hydrogen) atoms. The first-order valence-corrected chi connectivity index (χ1v) is 8.41. The lowest BCUT2D eigenvalue weighted by atomic mass is 9.84. The molecule has 2 heterocycles. The predicted molar refractivity (Wildman–Crippen MR) is 97.6 cm³/mol. The normalized spacial score (nSPS) is 13.9. The van der Waals surface area contributed by atoms with E-state index in [4.69, 9.17) is 8.83 Å². The highest BCUT2D eigenvalue weighted by molar-refractivity contribution is 5.96. The molecule has 0 amide bonds. The third kappa shape index (κ3) is 2.36. The topological polar surface area (TPSA) is 83.8 Å². The summed E-state index contributed by atoms with van der Waals surface area (Å²) in [5.41, 5.74) is 2.23. The van der Waals surface area contributed by atoms with Gasteiger partial charge in [-0.2, -0.15) is 0 Å². The number of aromatic hydroxyl groups is 2. The van der Waals surface area contributed by atoms with Crippen LogP contribution in [0.25, 0.3) is 21.9 Å². The number of hydrogen-bond acceptors (Lipinski definition) is 5. The number of phenols is 2. The summed E-state index contributed by atoms with van der Waals surface area (Å²) in [6.07, 6.45) is 3.00. The summed E-state index contributed by atoms with van der Waals surface area (Å²) < 4.78 is 10.5. The van der Waals surface area contributed by atoms with Crippen LogP contribution >= 0.6 is 0 Å². The molecule has 4 aromatic rings. The lowest BCUT2D eigenvalue weighted by Crippen LogP contribution is -2.17. The van der Waals surface area contributed by atoms with Crippen LogP contribution in [0.4, 0.5) is 0 Å².